The molecule has 4 heterocycles. The predicted octanol–water partition coefficient (Wildman–Crippen LogP) is 4.30. The number of amides is 1. The van der Waals surface area contributed by atoms with Gasteiger partial charge in [-0.25, -0.2) is 4.39 Å². The number of likely N-dealkylation sites (tertiary alicyclic amines) is 1. The number of benzene rings is 1. The Morgan fingerprint density at radius 1 is 1.19 bits per heavy atom. The number of piperazine rings is 1. The number of pyridine rings is 1. The molecule has 2 atom stereocenters. The van der Waals surface area contributed by atoms with Crippen LogP contribution in [-0.2, 0) is 17.6 Å². The molecule has 2 aliphatic heterocycles. The van der Waals surface area contributed by atoms with Gasteiger partial charge in [-0.1, -0.05) is 24.8 Å². The van der Waals surface area contributed by atoms with Crippen molar-refractivity contribution in [3.8, 4) is 23.3 Å². The van der Waals surface area contributed by atoms with Crippen LogP contribution in [0.4, 0.5) is 10.2 Å². The highest BCUT2D eigenvalue weighted by Crippen LogP contribution is 2.36. The Kier molecular flexibility index (Phi) is 8.02. The van der Waals surface area contributed by atoms with Crippen molar-refractivity contribution in [2.75, 3.05) is 44.7 Å². The van der Waals surface area contributed by atoms with Crippen LogP contribution in [0.2, 0.25) is 0 Å². The molecule has 0 radical (unpaired) electrons. The number of aromatic nitrogens is 3. The van der Waals surface area contributed by atoms with Crippen molar-refractivity contribution in [2.24, 2.45) is 0 Å². The second kappa shape index (κ2) is 12.0. The zero-order valence-corrected chi connectivity index (χ0v) is 24.1. The standard InChI is InChI=1S/C32H36FN7O2/c1-3-27(41)40-17-16-39(19-22(40)13-14-34)31-26-18-35-29(25-12-6-9-21-8-4-5-11-24(21)25)28(33)30(26)36-32(37-31)42-20-23-10-7-15-38(23)2/h3,6,9,12,18,22-23H,1,4-5,7-8,10-11,13,15-17,19-20H2,2H3. The minimum absolute atomic E-state index is 0.116. The number of hydrogen-bond acceptors (Lipinski definition) is 8. The van der Waals surface area contributed by atoms with Crippen molar-refractivity contribution < 1.29 is 13.9 Å². The lowest BCUT2D eigenvalue weighted by Crippen LogP contribution is -2.55. The van der Waals surface area contributed by atoms with E-state index in [1.165, 1.54) is 11.6 Å². The molecule has 2 aromatic heterocycles. The van der Waals surface area contributed by atoms with Crippen molar-refractivity contribution in [1.29, 1.82) is 5.26 Å². The van der Waals surface area contributed by atoms with Crippen LogP contribution >= 0.6 is 0 Å². The van der Waals surface area contributed by atoms with Crippen LogP contribution < -0.4 is 9.64 Å². The minimum atomic E-state index is -0.494. The Labute approximate surface area is 245 Å². The Balaban J connectivity index is 1.42. The maximum absolute atomic E-state index is 16.5. The molecule has 2 fully saturated rings. The number of anilines is 1. The molecule has 2 unspecified atom stereocenters. The van der Waals surface area contributed by atoms with Crippen molar-refractivity contribution in [2.45, 2.75) is 57.0 Å². The van der Waals surface area contributed by atoms with Gasteiger partial charge in [0, 0.05) is 37.4 Å². The predicted molar refractivity (Wildman–Crippen MR) is 159 cm³/mol. The summed E-state index contributed by atoms with van der Waals surface area (Å²) >= 11 is 0. The normalized spacial score (nSPS) is 20.8. The van der Waals surface area contributed by atoms with Crippen LogP contribution in [0.15, 0.2) is 37.1 Å². The van der Waals surface area contributed by atoms with Crippen molar-refractivity contribution in [3.63, 3.8) is 0 Å². The maximum Gasteiger partial charge on any atom is 0.319 e. The molecule has 0 spiro atoms. The highest BCUT2D eigenvalue weighted by Gasteiger charge is 2.32. The summed E-state index contributed by atoms with van der Waals surface area (Å²) in [6, 6.07) is 8.24. The van der Waals surface area contributed by atoms with Crippen molar-refractivity contribution >= 4 is 22.6 Å². The number of fused-ring (bicyclic) bond motifs is 2. The summed E-state index contributed by atoms with van der Waals surface area (Å²) in [6.07, 6.45) is 9.31. The highest BCUT2D eigenvalue weighted by atomic mass is 19.1. The van der Waals surface area contributed by atoms with Gasteiger partial charge in [-0.2, -0.15) is 15.2 Å². The monoisotopic (exact) mass is 569 g/mol. The third-order valence-corrected chi connectivity index (χ3v) is 8.94. The summed E-state index contributed by atoms with van der Waals surface area (Å²) in [7, 11) is 2.07. The zero-order valence-electron chi connectivity index (χ0n) is 24.1. The number of nitrogens with zero attached hydrogens (tertiary/aromatic N) is 7. The second-order valence-electron chi connectivity index (χ2n) is 11.4. The second-order valence-corrected chi connectivity index (χ2v) is 11.4. The van der Waals surface area contributed by atoms with Gasteiger partial charge in [0.1, 0.15) is 23.6 Å². The first-order valence-corrected chi connectivity index (χ1v) is 14.8. The molecule has 10 heteroatoms. The summed E-state index contributed by atoms with van der Waals surface area (Å²) in [6.45, 7) is 6.23. The highest BCUT2D eigenvalue weighted by molar-refractivity contribution is 5.92. The number of rotatable bonds is 7. The summed E-state index contributed by atoms with van der Waals surface area (Å²) in [4.78, 5) is 32.4. The lowest BCUT2D eigenvalue weighted by Gasteiger charge is -2.41. The Morgan fingerprint density at radius 2 is 2.05 bits per heavy atom. The quantitative estimate of drug-likeness (QED) is 0.389. The van der Waals surface area contributed by atoms with E-state index in [2.05, 4.69) is 40.6 Å². The average Bonchev–Trinajstić information content (AvgIpc) is 3.44. The molecule has 0 bridgehead atoms. The molecule has 9 nitrogen and oxygen atoms in total. The Bertz CT molecular complexity index is 1550. The van der Waals surface area contributed by atoms with E-state index in [0.29, 0.717) is 37.4 Å². The molecular weight excluding hydrogens is 533 g/mol. The summed E-state index contributed by atoms with van der Waals surface area (Å²) in [5, 5.41) is 9.95. The van der Waals surface area contributed by atoms with E-state index >= 15 is 4.39 Å². The molecule has 3 aliphatic rings. The van der Waals surface area contributed by atoms with Crippen LogP contribution in [0, 0.1) is 17.1 Å². The molecule has 6 rings (SSSR count). The first-order valence-electron chi connectivity index (χ1n) is 14.8. The van der Waals surface area contributed by atoms with Crippen LogP contribution in [-0.4, -0.2) is 82.6 Å². The molecule has 3 aromatic rings. The van der Waals surface area contributed by atoms with E-state index in [-0.39, 0.29) is 41.6 Å². The molecule has 1 amide bonds. The molecule has 218 valence electrons. The minimum Gasteiger partial charge on any atom is -0.462 e. The van der Waals surface area contributed by atoms with Gasteiger partial charge in [0.25, 0.3) is 0 Å². The SMILES string of the molecule is C=CC(=O)N1CCN(c2nc(OCC3CCCN3C)nc3c(F)c(-c4cccc5c4CCCC5)ncc23)CC1CC#N. The first-order chi connectivity index (χ1) is 20.5. The molecule has 1 aromatic carbocycles. The van der Waals surface area contributed by atoms with Crippen LogP contribution in [0.5, 0.6) is 6.01 Å². The van der Waals surface area contributed by atoms with Gasteiger partial charge in [-0.15, -0.1) is 0 Å². The Morgan fingerprint density at radius 3 is 2.83 bits per heavy atom. The molecular formula is C32H36FN7O2. The molecule has 0 saturated carbocycles. The molecule has 0 N–H and O–H groups in total. The van der Waals surface area contributed by atoms with Gasteiger partial charge in [0.15, 0.2) is 5.82 Å². The van der Waals surface area contributed by atoms with E-state index in [1.807, 2.05) is 17.0 Å². The molecule has 1 aliphatic carbocycles. The number of ether oxygens (including phenoxy) is 1. The van der Waals surface area contributed by atoms with Crippen molar-refractivity contribution in [3.05, 3.63) is 54.0 Å². The van der Waals surface area contributed by atoms with Gasteiger partial charge in [0.2, 0.25) is 5.91 Å². The summed E-state index contributed by atoms with van der Waals surface area (Å²) in [5.74, 6) is -0.209. The van der Waals surface area contributed by atoms with Gasteiger partial charge in [0.05, 0.1) is 23.9 Å². The maximum atomic E-state index is 16.5. The van der Waals surface area contributed by atoms with Gasteiger partial charge in [-0.05, 0) is 69.3 Å². The zero-order chi connectivity index (χ0) is 29.2. The number of halogens is 1. The van der Waals surface area contributed by atoms with E-state index in [0.717, 1.165) is 56.2 Å². The third kappa shape index (κ3) is 5.29. The van der Waals surface area contributed by atoms with Crippen molar-refractivity contribution in [1.82, 2.24) is 24.8 Å². The van der Waals surface area contributed by atoms with Gasteiger partial charge >= 0.3 is 6.01 Å². The lowest BCUT2D eigenvalue weighted by atomic mass is 9.87. The third-order valence-electron chi connectivity index (χ3n) is 8.94. The topological polar surface area (TPSA) is 98.5 Å². The van der Waals surface area contributed by atoms with Gasteiger partial charge in [-0.3, -0.25) is 9.78 Å². The Hall–Kier alpha value is -4.10. The number of aryl methyl sites for hydroxylation is 1. The average molecular weight is 570 g/mol. The van der Waals surface area contributed by atoms with Crippen LogP contribution in [0.1, 0.15) is 43.2 Å². The van der Waals surface area contributed by atoms with Crippen LogP contribution in [0.25, 0.3) is 22.2 Å². The van der Waals surface area contributed by atoms with E-state index in [9.17, 15) is 10.1 Å². The smallest absolute Gasteiger partial charge is 0.319 e. The van der Waals surface area contributed by atoms with E-state index < -0.39 is 5.82 Å². The number of nitriles is 1. The fourth-order valence-electron chi connectivity index (χ4n) is 6.61. The number of carbonyl (C=O) groups excluding carboxylic acids is 1. The fraction of sp³-hybridized carbons (Fsp3) is 0.469. The number of hydrogen-bond donors (Lipinski definition) is 0. The van der Waals surface area contributed by atoms with Gasteiger partial charge < -0.3 is 19.4 Å². The number of likely N-dealkylation sites (N-methyl/N-ethyl adjacent to an activating group) is 1. The fourth-order valence-corrected chi connectivity index (χ4v) is 6.61. The first kappa shape index (κ1) is 28.0. The van der Waals surface area contributed by atoms with Crippen LogP contribution in [0.3, 0.4) is 0 Å². The molecule has 42 heavy (non-hydrogen) atoms. The van der Waals surface area contributed by atoms with E-state index in [1.54, 1.807) is 11.1 Å². The summed E-state index contributed by atoms with van der Waals surface area (Å²) < 4.78 is 22.7. The molecule has 2 saturated heterocycles. The lowest BCUT2D eigenvalue weighted by molar-refractivity contribution is -0.128. The van der Waals surface area contributed by atoms with E-state index in [4.69, 9.17) is 9.72 Å². The summed E-state index contributed by atoms with van der Waals surface area (Å²) in [5.41, 5.74) is 3.67. The number of carbonyl (C=O) groups is 1. The largest absolute Gasteiger partial charge is 0.462 e.